The number of amides is 1. The number of hydrogen-bond acceptors (Lipinski definition) is 3. The van der Waals surface area contributed by atoms with Gasteiger partial charge in [-0.1, -0.05) is 35.9 Å². The molecule has 2 aromatic carbocycles. The molecule has 5 heteroatoms. The molecule has 3 aliphatic rings. The summed E-state index contributed by atoms with van der Waals surface area (Å²) in [6.07, 6.45) is 2.15. The number of halogens is 1. The second-order valence-corrected chi connectivity index (χ2v) is 7.95. The zero-order valence-corrected chi connectivity index (χ0v) is 14.6. The number of likely N-dealkylation sites (tertiary alicyclic amines) is 1. The van der Waals surface area contributed by atoms with Crippen molar-refractivity contribution in [2.24, 2.45) is 11.8 Å². The minimum Gasteiger partial charge on any atom is -0.396 e. The summed E-state index contributed by atoms with van der Waals surface area (Å²) in [7, 11) is 0. The molecule has 3 fully saturated rings. The van der Waals surface area contributed by atoms with E-state index in [9.17, 15) is 9.90 Å². The fourth-order valence-corrected chi connectivity index (χ4v) is 5.46. The molecule has 1 spiro atoms. The molecule has 0 unspecified atom stereocenters. The number of nitrogens with zero attached hydrogens (tertiary/aromatic N) is 1. The third-order valence-electron chi connectivity index (χ3n) is 6.38. The van der Waals surface area contributed by atoms with Gasteiger partial charge in [0.25, 0.3) is 5.91 Å². The summed E-state index contributed by atoms with van der Waals surface area (Å²) in [5.41, 5.74) is 0.446. The van der Waals surface area contributed by atoms with Gasteiger partial charge < -0.3 is 14.7 Å². The number of carbonyl (C=O) groups excluding carboxylic acids is 1. The predicted molar refractivity (Wildman–Crippen MR) is 95.8 cm³/mol. The van der Waals surface area contributed by atoms with E-state index < -0.39 is 0 Å². The molecule has 5 rings (SSSR count). The number of ether oxygens (including phenoxy) is 1. The Morgan fingerprint density at radius 3 is 2.92 bits per heavy atom. The highest BCUT2D eigenvalue weighted by atomic mass is 35.5. The van der Waals surface area contributed by atoms with Crippen LogP contribution in [0.15, 0.2) is 36.4 Å². The quantitative estimate of drug-likeness (QED) is 0.898. The van der Waals surface area contributed by atoms with E-state index in [0.29, 0.717) is 23.7 Å². The second-order valence-electron chi connectivity index (χ2n) is 7.54. The molecule has 3 heterocycles. The molecule has 4 atom stereocenters. The number of rotatable bonds is 2. The van der Waals surface area contributed by atoms with Crippen LogP contribution >= 0.6 is 11.6 Å². The van der Waals surface area contributed by atoms with Gasteiger partial charge in [-0.25, -0.2) is 0 Å². The number of aliphatic hydroxyl groups is 1. The Balaban J connectivity index is 1.50. The van der Waals surface area contributed by atoms with Crippen LogP contribution in [0.4, 0.5) is 0 Å². The van der Waals surface area contributed by atoms with Crippen LogP contribution in [-0.4, -0.2) is 47.3 Å². The van der Waals surface area contributed by atoms with Gasteiger partial charge in [-0.05, 0) is 30.4 Å². The summed E-state index contributed by atoms with van der Waals surface area (Å²) in [5.74, 6) is 0.438. The van der Waals surface area contributed by atoms with Crippen molar-refractivity contribution in [1.82, 2.24) is 4.90 Å². The number of carbonyl (C=O) groups is 1. The van der Waals surface area contributed by atoms with Crippen molar-refractivity contribution < 1.29 is 14.6 Å². The first-order valence-electron chi connectivity index (χ1n) is 8.88. The summed E-state index contributed by atoms with van der Waals surface area (Å²) >= 11 is 6.29. The molecule has 3 saturated heterocycles. The van der Waals surface area contributed by atoms with Gasteiger partial charge >= 0.3 is 0 Å². The van der Waals surface area contributed by atoms with E-state index in [-0.39, 0.29) is 36.1 Å². The van der Waals surface area contributed by atoms with Gasteiger partial charge in [-0.2, -0.15) is 0 Å². The smallest absolute Gasteiger partial charge is 0.254 e. The monoisotopic (exact) mass is 357 g/mol. The fourth-order valence-electron chi connectivity index (χ4n) is 5.22. The van der Waals surface area contributed by atoms with Crippen LogP contribution < -0.4 is 0 Å². The van der Waals surface area contributed by atoms with E-state index in [4.69, 9.17) is 16.3 Å². The molecule has 25 heavy (non-hydrogen) atoms. The van der Waals surface area contributed by atoms with Gasteiger partial charge in [0.15, 0.2) is 0 Å². The molecule has 0 aromatic heterocycles. The second kappa shape index (κ2) is 5.44. The van der Waals surface area contributed by atoms with Crippen molar-refractivity contribution in [1.29, 1.82) is 0 Å². The van der Waals surface area contributed by atoms with Crippen LogP contribution in [0.3, 0.4) is 0 Å². The molecule has 1 N–H and O–H groups in total. The van der Waals surface area contributed by atoms with E-state index in [1.165, 1.54) is 0 Å². The molecule has 130 valence electrons. The Morgan fingerprint density at radius 2 is 2.08 bits per heavy atom. The molecule has 1 amide bonds. The Bertz CT molecular complexity index is 869. The lowest BCUT2D eigenvalue weighted by Gasteiger charge is -2.27. The van der Waals surface area contributed by atoms with Gasteiger partial charge in [0.05, 0.1) is 18.2 Å². The van der Waals surface area contributed by atoms with Crippen LogP contribution in [0, 0.1) is 11.8 Å². The summed E-state index contributed by atoms with van der Waals surface area (Å²) in [6, 6.07) is 11.4. The third-order valence-corrected chi connectivity index (χ3v) is 6.71. The summed E-state index contributed by atoms with van der Waals surface area (Å²) in [5, 5.41) is 12.2. The zero-order valence-electron chi connectivity index (χ0n) is 13.8. The lowest BCUT2D eigenvalue weighted by molar-refractivity contribution is 0.00156. The summed E-state index contributed by atoms with van der Waals surface area (Å²) < 4.78 is 6.24. The van der Waals surface area contributed by atoms with E-state index in [0.717, 1.165) is 23.6 Å². The average molecular weight is 358 g/mol. The van der Waals surface area contributed by atoms with E-state index >= 15 is 0 Å². The zero-order chi connectivity index (χ0) is 17.2. The van der Waals surface area contributed by atoms with Gasteiger partial charge in [0, 0.05) is 41.0 Å². The predicted octanol–water partition coefficient (Wildman–Crippen LogP) is 3.11. The first-order chi connectivity index (χ1) is 12.1. The largest absolute Gasteiger partial charge is 0.396 e. The Morgan fingerprint density at radius 1 is 1.28 bits per heavy atom. The van der Waals surface area contributed by atoms with Crippen LogP contribution in [0.25, 0.3) is 10.8 Å². The lowest BCUT2D eigenvalue weighted by Crippen LogP contribution is -2.38. The molecular weight excluding hydrogens is 338 g/mol. The van der Waals surface area contributed by atoms with Gasteiger partial charge in [-0.3, -0.25) is 4.79 Å². The average Bonchev–Trinajstić information content (AvgIpc) is 3.28. The van der Waals surface area contributed by atoms with Gasteiger partial charge in [0.2, 0.25) is 0 Å². The number of benzene rings is 2. The van der Waals surface area contributed by atoms with Crippen molar-refractivity contribution in [2.45, 2.75) is 24.5 Å². The molecule has 2 aromatic rings. The highest BCUT2D eigenvalue weighted by molar-refractivity contribution is 6.36. The molecule has 0 saturated carbocycles. The molecule has 2 bridgehead atoms. The Kier molecular flexibility index (Phi) is 3.40. The maximum absolute atomic E-state index is 13.2. The number of hydrogen-bond donors (Lipinski definition) is 1. The Labute approximate surface area is 151 Å². The summed E-state index contributed by atoms with van der Waals surface area (Å²) in [4.78, 5) is 15.1. The van der Waals surface area contributed by atoms with Crippen molar-refractivity contribution in [2.75, 3.05) is 19.7 Å². The SMILES string of the molecule is O=C(c1cccc2c(Cl)cccc12)N1C[C@@H]2[C@H](CO)[C@H]3CC[C@]2(C1)O3. The number of aliphatic hydroxyl groups excluding tert-OH is 1. The van der Waals surface area contributed by atoms with Crippen molar-refractivity contribution >= 4 is 28.3 Å². The fraction of sp³-hybridized carbons (Fsp3) is 0.450. The van der Waals surface area contributed by atoms with E-state index in [1.807, 2.05) is 41.3 Å². The number of fused-ring (bicyclic) bond motifs is 2. The normalized spacial score (nSPS) is 33.2. The van der Waals surface area contributed by atoms with Crippen LogP contribution in [-0.2, 0) is 4.74 Å². The van der Waals surface area contributed by atoms with Gasteiger partial charge in [-0.15, -0.1) is 0 Å². The van der Waals surface area contributed by atoms with E-state index in [1.54, 1.807) is 0 Å². The Hall–Kier alpha value is -1.62. The molecule has 3 aliphatic heterocycles. The van der Waals surface area contributed by atoms with Gasteiger partial charge in [0.1, 0.15) is 0 Å². The van der Waals surface area contributed by atoms with Crippen molar-refractivity contribution in [3.05, 3.63) is 47.0 Å². The molecule has 4 nitrogen and oxygen atoms in total. The third kappa shape index (κ3) is 2.11. The van der Waals surface area contributed by atoms with Crippen molar-refractivity contribution in [3.8, 4) is 0 Å². The highest BCUT2D eigenvalue weighted by Crippen LogP contribution is 2.54. The minimum absolute atomic E-state index is 0.0281. The van der Waals surface area contributed by atoms with Crippen molar-refractivity contribution in [3.63, 3.8) is 0 Å². The molecule has 0 aliphatic carbocycles. The van der Waals surface area contributed by atoms with Crippen LogP contribution in [0.1, 0.15) is 23.2 Å². The van der Waals surface area contributed by atoms with E-state index in [2.05, 4.69) is 0 Å². The minimum atomic E-state index is -0.240. The molecule has 0 radical (unpaired) electrons. The maximum Gasteiger partial charge on any atom is 0.254 e. The summed E-state index contributed by atoms with van der Waals surface area (Å²) in [6.45, 7) is 1.43. The lowest BCUT2D eigenvalue weighted by atomic mass is 9.74. The first kappa shape index (κ1) is 15.6. The van der Waals surface area contributed by atoms with Crippen LogP contribution in [0.5, 0.6) is 0 Å². The van der Waals surface area contributed by atoms with Crippen LogP contribution in [0.2, 0.25) is 5.02 Å². The molecular formula is C20H20ClNO3. The maximum atomic E-state index is 13.2. The standard InChI is InChI=1S/C20H20ClNO3/c21-17-6-2-3-12-13(17)4-1-5-14(12)19(24)22-9-16-15(10-23)18-7-8-20(16,11-22)25-18/h1-6,15-16,18,23H,7-11H2/t15-,16+,18+,20+/m0/s1. The first-order valence-corrected chi connectivity index (χ1v) is 9.26. The highest BCUT2D eigenvalue weighted by Gasteiger charge is 2.63. The topological polar surface area (TPSA) is 49.8 Å².